The second-order valence-electron chi connectivity index (χ2n) is 6.52. The number of hydrogen-bond donors (Lipinski definition) is 1. The van der Waals surface area contributed by atoms with Crippen LogP contribution in [-0.4, -0.2) is 22.9 Å². The van der Waals surface area contributed by atoms with Gasteiger partial charge in [0, 0.05) is 29.0 Å². The molecule has 0 aliphatic carbocycles. The Morgan fingerprint density at radius 2 is 1.90 bits per heavy atom. The Morgan fingerprint density at radius 3 is 2.50 bits per heavy atom. The van der Waals surface area contributed by atoms with Gasteiger partial charge in [0.15, 0.2) is 5.82 Å². The molecule has 1 N–H and O–H groups in total. The zero-order valence-electron chi connectivity index (χ0n) is 16.6. The van der Waals surface area contributed by atoms with Gasteiger partial charge in [-0.3, -0.25) is 14.9 Å². The normalized spacial score (nSPS) is 10.2. The van der Waals surface area contributed by atoms with E-state index in [1.807, 2.05) is 19.1 Å². The van der Waals surface area contributed by atoms with Crippen molar-refractivity contribution in [3.05, 3.63) is 81.0 Å². The van der Waals surface area contributed by atoms with Crippen LogP contribution in [0.15, 0.2) is 48.5 Å². The third-order valence-electron chi connectivity index (χ3n) is 4.73. The minimum Gasteiger partial charge on any atom is -0.497 e. The molecule has 0 saturated carbocycles. The molecule has 0 spiro atoms. The zero-order valence-corrected chi connectivity index (χ0v) is 16.6. The first-order valence-electron chi connectivity index (χ1n) is 8.97. The number of aryl methyl sites for hydroxylation is 1. The Hall–Kier alpha value is -4.25. The van der Waals surface area contributed by atoms with E-state index in [2.05, 4.69) is 16.4 Å². The van der Waals surface area contributed by atoms with E-state index < -0.39 is 10.8 Å². The number of aromatic nitrogens is 1. The molecule has 0 saturated heterocycles. The maximum atomic E-state index is 12.7. The van der Waals surface area contributed by atoms with Gasteiger partial charge in [0.25, 0.3) is 11.6 Å². The summed E-state index contributed by atoms with van der Waals surface area (Å²) in [6.07, 6.45) is 0. The molecule has 3 rings (SSSR count). The molecule has 0 bridgehead atoms. The molecule has 3 aromatic rings. The lowest BCUT2D eigenvalue weighted by atomic mass is 9.95. The number of carbonyl (C=O) groups is 1. The van der Waals surface area contributed by atoms with E-state index in [4.69, 9.17) is 4.74 Å². The number of nitro groups is 1. The van der Waals surface area contributed by atoms with Crippen LogP contribution in [0.1, 0.15) is 27.2 Å². The molecule has 150 valence electrons. The third kappa shape index (κ3) is 3.95. The molecule has 0 aliphatic heterocycles. The highest BCUT2D eigenvalue weighted by atomic mass is 16.6. The Labute approximate surface area is 172 Å². The minimum atomic E-state index is -0.591. The standard InChI is InChI=1S/C22H18N4O4/c1-13-14(2)24-21(25-22(27)16-5-4-6-17(11-16)26(28)29)19(12-23)20(13)15-7-9-18(30-3)10-8-15/h4-11H,1-3H3,(H,24,25,27). The van der Waals surface area contributed by atoms with E-state index in [0.29, 0.717) is 17.0 Å². The van der Waals surface area contributed by atoms with Crippen molar-refractivity contribution in [2.24, 2.45) is 0 Å². The molecule has 8 heteroatoms. The molecule has 8 nitrogen and oxygen atoms in total. The highest BCUT2D eigenvalue weighted by Gasteiger charge is 2.20. The zero-order chi connectivity index (χ0) is 21.8. The number of methoxy groups -OCH3 is 1. The molecule has 0 unspecified atom stereocenters. The van der Waals surface area contributed by atoms with Crippen LogP contribution in [0.5, 0.6) is 5.75 Å². The van der Waals surface area contributed by atoms with E-state index in [0.717, 1.165) is 11.1 Å². The number of anilines is 1. The van der Waals surface area contributed by atoms with Crippen molar-refractivity contribution in [1.29, 1.82) is 5.26 Å². The lowest BCUT2D eigenvalue weighted by molar-refractivity contribution is -0.384. The predicted molar refractivity (Wildman–Crippen MR) is 111 cm³/mol. The Bertz CT molecular complexity index is 1180. The van der Waals surface area contributed by atoms with Crippen LogP contribution in [0, 0.1) is 35.3 Å². The average molecular weight is 402 g/mol. The summed E-state index contributed by atoms with van der Waals surface area (Å²) in [6, 6.07) is 14.7. The van der Waals surface area contributed by atoms with E-state index in [-0.39, 0.29) is 22.6 Å². The van der Waals surface area contributed by atoms with Crippen molar-refractivity contribution in [3.8, 4) is 22.9 Å². The number of nitriles is 1. The van der Waals surface area contributed by atoms with Gasteiger partial charge in [0.1, 0.15) is 17.4 Å². The van der Waals surface area contributed by atoms with Gasteiger partial charge in [-0.15, -0.1) is 0 Å². The number of pyridine rings is 1. The van der Waals surface area contributed by atoms with Crippen LogP contribution in [-0.2, 0) is 0 Å². The molecular formula is C22H18N4O4. The monoisotopic (exact) mass is 402 g/mol. The van der Waals surface area contributed by atoms with Gasteiger partial charge in [0.05, 0.1) is 12.0 Å². The number of non-ortho nitro benzene ring substituents is 1. The fourth-order valence-corrected chi connectivity index (χ4v) is 3.05. The number of rotatable bonds is 5. The van der Waals surface area contributed by atoms with Crippen LogP contribution in [0.2, 0.25) is 0 Å². The number of amides is 1. The molecule has 2 aromatic carbocycles. The van der Waals surface area contributed by atoms with Crippen LogP contribution < -0.4 is 10.1 Å². The average Bonchev–Trinajstić information content (AvgIpc) is 2.76. The summed E-state index contributed by atoms with van der Waals surface area (Å²) >= 11 is 0. The maximum Gasteiger partial charge on any atom is 0.270 e. The van der Waals surface area contributed by atoms with Crippen LogP contribution in [0.25, 0.3) is 11.1 Å². The summed E-state index contributed by atoms with van der Waals surface area (Å²) in [5.74, 6) is 0.189. The van der Waals surface area contributed by atoms with Crippen LogP contribution in [0.4, 0.5) is 11.5 Å². The lowest BCUT2D eigenvalue weighted by Gasteiger charge is -2.15. The number of nitro benzene ring substituents is 1. The molecular weight excluding hydrogens is 384 g/mol. The fourth-order valence-electron chi connectivity index (χ4n) is 3.05. The number of benzene rings is 2. The van der Waals surface area contributed by atoms with Crippen molar-refractivity contribution in [2.45, 2.75) is 13.8 Å². The smallest absolute Gasteiger partial charge is 0.270 e. The van der Waals surface area contributed by atoms with Crippen LogP contribution in [0.3, 0.4) is 0 Å². The first kappa shape index (κ1) is 20.5. The third-order valence-corrected chi connectivity index (χ3v) is 4.73. The van der Waals surface area contributed by atoms with Gasteiger partial charge in [-0.05, 0) is 43.2 Å². The molecule has 0 radical (unpaired) electrons. The molecule has 1 heterocycles. The van der Waals surface area contributed by atoms with Crippen molar-refractivity contribution >= 4 is 17.4 Å². The SMILES string of the molecule is COc1ccc(-c2c(C)c(C)nc(NC(=O)c3cccc([N+](=O)[O-])c3)c2C#N)cc1. The summed E-state index contributed by atoms with van der Waals surface area (Å²) in [5, 5.41) is 23.4. The Balaban J connectivity index is 2.06. The lowest BCUT2D eigenvalue weighted by Crippen LogP contribution is -2.15. The number of nitrogens with one attached hydrogen (secondary N) is 1. The van der Waals surface area contributed by atoms with E-state index >= 15 is 0 Å². The van der Waals surface area contributed by atoms with E-state index in [1.54, 1.807) is 26.2 Å². The van der Waals surface area contributed by atoms with E-state index in [9.17, 15) is 20.2 Å². The first-order chi connectivity index (χ1) is 14.3. The highest BCUT2D eigenvalue weighted by molar-refractivity contribution is 6.05. The van der Waals surface area contributed by atoms with Gasteiger partial charge in [-0.25, -0.2) is 4.98 Å². The first-order valence-corrected chi connectivity index (χ1v) is 8.97. The summed E-state index contributed by atoms with van der Waals surface area (Å²) in [7, 11) is 1.57. The van der Waals surface area contributed by atoms with Crippen LogP contribution >= 0.6 is 0 Å². The largest absolute Gasteiger partial charge is 0.497 e. The molecule has 0 aliphatic rings. The molecule has 30 heavy (non-hydrogen) atoms. The number of ether oxygens (including phenoxy) is 1. The Morgan fingerprint density at radius 1 is 1.20 bits per heavy atom. The maximum absolute atomic E-state index is 12.7. The summed E-state index contributed by atoms with van der Waals surface area (Å²) < 4.78 is 5.19. The molecule has 1 aromatic heterocycles. The van der Waals surface area contributed by atoms with Gasteiger partial charge < -0.3 is 10.1 Å². The van der Waals surface area contributed by atoms with Crippen molar-refractivity contribution in [1.82, 2.24) is 4.98 Å². The van der Waals surface area contributed by atoms with Gasteiger partial charge in [-0.1, -0.05) is 18.2 Å². The number of carbonyl (C=O) groups excluding carboxylic acids is 1. The summed E-state index contributed by atoms with van der Waals surface area (Å²) in [6.45, 7) is 3.64. The molecule has 0 atom stereocenters. The second-order valence-corrected chi connectivity index (χ2v) is 6.52. The second kappa shape index (κ2) is 8.41. The van der Waals surface area contributed by atoms with E-state index in [1.165, 1.54) is 24.3 Å². The topological polar surface area (TPSA) is 118 Å². The summed E-state index contributed by atoms with van der Waals surface area (Å²) in [5.41, 5.74) is 3.00. The Kier molecular flexibility index (Phi) is 5.74. The fraction of sp³-hybridized carbons (Fsp3) is 0.136. The summed E-state index contributed by atoms with van der Waals surface area (Å²) in [4.78, 5) is 27.5. The predicted octanol–water partition coefficient (Wildman–Crippen LogP) is 4.41. The van der Waals surface area contributed by atoms with Gasteiger partial charge in [-0.2, -0.15) is 5.26 Å². The number of nitrogens with zero attached hydrogens (tertiary/aromatic N) is 3. The van der Waals surface area contributed by atoms with Crippen molar-refractivity contribution in [3.63, 3.8) is 0 Å². The number of hydrogen-bond acceptors (Lipinski definition) is 6. The quantitative estimate of drug-likeness (QED) is 0.499. The molecule has 0 fully saturated rings. The van der Waals surface area contributed by atoms with Crippen molar-refractivity contribution in [2.75, 3.05) is 12.4 Å². The van der Waals surface area contributed by atoms with Gasteiger partial charge in [0.2, 0.25) is 0 Å². The highest BCUT2D eigenvalue weighted by Crippen LogP contribution is 2.33. The molecule has 1 amide bonds. The van der Waals surface area contributed by atoms with Gasteiger partial charge >= 0.3 is 0 Å². The van der Waals surface area contributed by atoms with Crippen molar-refractivity contribution < 1.29 is 14.5 Å². The minimum absolute atomic E-state index is 0.0964.